The van der Waals surface area contributed by atoms with Crippen LogP contribution in [0.1, 0.15) is 5.56 Å². The molecular weight excluding hydrogens is 336 g/mol. The molecule has 7 heteroatoms. The number of aromatic nitrogens is 2. The highest BCUT2D eigenvalue weighted by Gasteiger charge is 2.31. The lowest BCUT2D eigenvalue weighted by atomic mass is 10.1. The quantitative estimate of drug-likeness (QED) is 0.723. The van der Waals surface area contributed by atoms with Crippen molar-refractivity contribution in [2.45, 2.75) is 12.6 Å². The molecule has 1 atom stereocenters. The van der Waals surface area contributed by atoms with Crippen molar-refractivity contribution in [3.63, 3.8) is 0 Å². The van der Waals surface area contributed by atoms with Crippen molar-refractivity contribution in [1.82, 2.24) is 13.6 Å². The maximum atomic E-state index is 12.4. The van der Waals surface area contributed by atoms with Crippen molar-refractivity contribution in [1.29, 1.82) is 0 Å². The number of carbonyl (C=O) groups excluding carboxylic acids is 1. The van der Waals surface area contributed by atoms with E-state index in [1.165, 1.54) is 11.7 Å². The zero-order chi connectivity index (χ0) is 17.4. The largest absolute Gasteiger partial charge is 0.477 e. The first-order valence-corrected chi connectivity index (χ1v) is 8.78. The minimum atomic E-state index is -0.516. The molecule has 25 heavy (non-hydrogen) atoms. The Labute approximate surface area is 150 Å². The fourth-order valence-corrected chi connectivity index (χ4v) is 3.64. The molecule has 1 aliphatic rings. The summed E-state index contributed by atoms with van der Waals surface area (Å²) < 4.78 is 14.7. The van der Waals surface area contributed by atoms with Gasteiger partial charge in [0.1, 0.15) is 16.8 Å². The Morgan fingerprint density at radius 3 is 2.92 bits per heavy atom. The molecule has 2 heterocycles. The summed E-state index contributed by atoms with van der Waals surface area (Å²) in [6, 6.07) is 13.8. The van der Waals surface area contributed by atoms with Gasteiger partial charge in [0.2, 0.25) is 0 Å². The average Bonchev–Trinajstić information content (AvgIpc) is 3.10. The Bertz CT molecular complexity index is 924. The second-order valence-electron chi connectivity index (χ2n) is 6.24. The highest BCUT2D eigenvalue weighted by atomic mass is 32.1. The van der Waals surface area contributed by atoms with Gasteiger partial charge in [0, 0.05) is 26.2 Å². The molecule has 0 unspecified atom stereocenters. The number of benzene rings is 2. The molecule has 0 saturated heterocycles. The number of fused-ring (bicyclic) bond motifs is 2. The number of para-hydroxylation sites is 2. The van der Waals surface area contributed by atoms with Crippen LogP contribution in [0.4, 0.5) is 5.69 Å². The van der Waals surface area contributed by atoms with E-state index in [1.54, 1.807) is 19.0 Å². The van der Waals surface area contributed by atoms with E-state index in [0.29, 0.717) is 13.1 Å². The topological polar surface area (TPSA) is 58.6 Å². The van der Waals surface area contributed by atoms with Crippen molar-refractivity contribution in [2.75, 3.05) is 25.5 Å². The fraction of sp³-hybridized carbons (Fsp3) is 0.278. The number of nitrogens with zero attached hydrogens (tertiary/aromatic N) is 4. The van der Waals surface area contributed by atoms with Gasteiger partial charge in [-0.15, -0.1) is 0 Å². The smallest absolute Gasteiger partial charge is 0.265 e. The Hall–Kier alpha value is -2.67. The molecule has 0 fully saturated rings. The van der Waals surface area contributed by atoms with Crippen LogP contribution in [0.5, 0.6) is 5.75 Å². The van der Waals surface area contributed by atoms with Crippen LogP contribution in [-0.4, -0.2) is 46.3 Å². The lowest BCUT2D eigenvalue weighted by molar-refractivity contribution is -0.136. The Morgan fingerprint density at radius 2 is 2.08 bits per heavy atom. The summed E-state index contributed by atoms with van der Waals surface area (Å²) in [6.45, 7) is 1.16. The van der Waals surface area contributed by atoms with Crippen LogP contribution in [-0.2, 0) is 11.3 Å². The van der Waals surface area contributed by atoms with Gasteiger partial charge in [-0.1, -0.05) is 24.3 Å². The third-order valence-electron chi connectivity index (χ3n) is 4.31. The molecule has 0 aliphatic carbocycles. The monoisotopic (exact) mass is 354 g/mol. The third kappa shape index (κ3) is 2.91. The Kier molecular flexibility index (Phi) is 4.01. The van der Waals surface area contributed by atoms with Crippen LogP contribution in [0.3, 0.4) is 0 Å². The zero-order valence-corrected chi connectivity index (χ0v) is 14.9. The van der Waals surface area contributed by atoms with Crippen LogP contribution >= 0.6 is 11.7 Å². The van der Waals surface area contributed by atoms with E-state index in [2.05, 4.69) is 19.7 Å². The number of likely N-dealkylation sites (N-methyl/N-ethyl adjacent to an activating group) is 1. The summed E-state index contributed by atoms with van der Waals surface area (Å²) in [6.07, 6.45) is -0.516. The van der Waals surface area contributed by atoms with Crippen molar-refractivity contribution in [3.05, 3.63) is 48.0 Å². The van der Waals surface area contributed by atoms with Gasteiger partial charge < -0.3 is 14.5 Å². The van der Waals surface area contributed by atoms with Crippen LogP contribution in [0.15, 0.2) is 42.5 Å². The lowest BCUT2D eigenvalue weighted by Crippen LogP contribution is -2.48. The van der Waals surface area contributed by atoms with Crippen molar-refractivity contribution < 1.29 is 9.53 Å². The molecule has 6 nitrogen and oxygen atoms in total. The van der Waals surface area contributed by atoms with Crippen molar-refractivity contribution in [3.8, 4) is 5.75 Å². The maximum absolute atomic E-state index is 12.4. The SMILES string of the molecule is CN(C)C(=O)[C@@H]1CN(Cc2cccc3nsnc23)c2ccccc2O1. The van der Waals surface area contributed by atoms with Gasteiger partial charge in [-0.2, -0.15) is 8.75 Å². The van der Waals surface area contributed by atoms with E-state index in [1.807, 2.05) is 36.4 Å². The van der Waals surface area contributed by atoms with Crippen LogP contribution in [0.25, 0.3) is 11.0 Å². The molecule has 0 spiro atoms. The molecule has 4 rings (SSSR count). The first-order chi connectivity index (χ1) is 12.1. The van der Waals surface area contributed by atoms with Gasteiger partial charge in [0.05, 0.1) is 24.0 Å². The van der Waals surface area contributed by atoms with E-state index < -0.39 is 6.10 Å². The van der Waals surface area contributed by atoms with Crippen LogP contribution in [0.2, 0.25) is 0 Å². The minimum absolute atomic E-state index is 0.0342. The predicted molar refractivity (Wildman–Crippen MR) is 98.0 cm³/mol. The van der Waals surface area contributed by atoms with Crippen LogP contribution in [0, 0.1) is 0 Å². The van der Waals surface area contributed by atoms with Gasteiger partial charge in [-0.3, -0.25) is 4.79 Å². The summed E-state index contributed by atoms with van der Waals surface area (Å²) in [5.74, 6) is 0.700. The summed E-state index contributed by atoms with van der Waals surface area (Å²) >= 11 is 1.22. The molecule has 128 valence electrons. The number of hydrogen-bond donors (Lipinski definition) is 0. The predicted octanol–water partition coefficient (Wildman–Crippen LogP) is 2.55. The number of ether oxygens (including phenoxy) is 1. The third-order valence-corrected chi connectivity index (χ3v) is 4.85. The molecule has 0 radical (unpaired) electrons. The van der Waals surface area contributed by atoms with Gasteiger partial charge in [0.15, 0.2) is 6.10 Å². The highest BCUT2D eigenvalue weighted by molar-refractivity contribution is 7.00. The van der Waals surface area contributed by atoms with Gasteiger partial charge in [-0.25, -0.2) is 0 Å². The number of amides is 1. The van der Waals surface area contributed by atoms with E-state index in [4.69, 9.17) is 4.74 Å². The molecule has 1 amide bonds. The Balaban J connectivity index is 1.70. The number of anilines is 1. The van der Waals surface area contributed by atoms with E-state index in [0.717, 1.165) is 28.0 Å². The van der Waals surface area contributed by atoms with Gasteiger partial charge in [0.25, 0.3) is 5.91 Å². The fourth-order valence-electron chi connectivity index (χ4n) is 3.07. The van der Waals surface area contributed by atoms with E-state index >= 15 is 0 Å². The van der Waals surface area contributed by atoms with Gasteiger partial charge in [-0.05, 0) is 18.2 Å². The molecule has 0 saturated carbocycles. The summed E-state index contributed by atoms with van der Waals surface area (Å²) in [5, 5.41) is 0. The summed E-state index contributed by atoms with van der Waals surface area (Å²) in [5.41, 5.74) is 3.92. The van der Waals surface area contributed by atoms with E-state index in [-0.39, 0.29) is 5.91 Å². The molecule has 0 N–H and O–H groups in total. The molecule has 1 aliphatic heterocycles. The van der Waals surface area contributed by atoms with Crippen molar-refractivity contribution in [2.24, 2.45) is 0 Å². The number of hydrogen-bond acceptors (Lipinski definition) is 6. The molecule has 2 aromatic carbocycles. The van der Waals surface area contributed by atoms with Crippen LogP contribution < -0.4 is 9.64 Å². The van der Waals surface area contributed by atoms with Crippen molar-refractivity contribution >= 4 is 34.4 Å². The zero-order valence-electron chi connectivity index (χ0n) is 14.0. The second-order valence-corrected chi connectivity index (χ2v) is 6.76. The normalized spacial score (nSPS) is 16.4. The van der Waals surface area contributed by atoms with E-state index in [9.17, 15) is 4.79 Å². The molecule has 1 aromatic heterocycles. The minimum Gasteiger partial charge on any atom is -0.477 e. The number of rotatable bonds is 3. The van der Waals surface area contributed by atoms with Gasteiger partial charge >= 0.3 is 0 Å². The standard InChI is InChI=1S/C18H18N4O2S/c1-21(2)18(23)16-11-22(14-8-3-4-9-15(14)24-16)10-12-6-5-7-13-17(12)20-25-19-13/h3-9,16H,10-11H2,1-2H3/t16-/m0/s1. The maximum Gasteiger partial charge on any atom is 0.265 e. The average molecular weight is 354 g/mol. The summed E-state index contributed by atoms with van der Waals surface area (Å²) in [4.78, 5) is 16.2. The summed E-state index contributed by atoms with van der Waals surface area (Å²) in [7, 11) is 3.50. The molecule has 0 bridgehead atoms. The highest BCUT2D eigenvalue weighted by Crippen LogP contribution is 2.35. The lowest BCUT2D eigenvalue weighted by Gasteiger charge is -2.36. The first kappa shape index (κ1) is 15.8. The molecular formula is C18H18N4O2S. The first-order valence-electron chi connectivity index (χ1n) is 8.05. The number of carbonyl (C=O) groups is 1. The molecule has 3 aromatic rings. The second kappa shape index (κ2) is 6.33. The Morgan fingerprint density at radius 1 is 1.24 bits per heavy atom.